The van der Waals surface area contributed by atoms with E-state index in [1.54, 1.807) is 0 Å². The molecule has 0 fully saturated rings. The van der Waals surface area contributed by atoms with Gasteiger partial charge in [-0.1, -0.05) is 49.8 Å². The van der Waals surface area contributed by atoms with Gasteiger partial charge in [-0.25, -0.2) is 0 Å². The molecule has 0 aliphatic heterocycles. The van der Waals surface area contributed by atoms with Crippen molar-refractivity contribution in [2.45, 2.75) is 60.8 Å². The molecule has 2 N–H and O–H groups in total. The zero-order valence-electron chi connectivity index (χ0n) is 15.8. The summed E-state index contributed by atoms with van der Waals surface area (Å²) < 4.78 is 0. The van der Waals surface area contributed by atoms with Crippen LogP contribution in [0.1, 0.15) is 60.8 Å². The van der Waals surface area contributed by atoms with Crippen LogP contribution in [-0.4, -0.2) is 0 Å². The van der Waals surface area contributed by atoms with Crippen molar-refractivity contribution in [2.24, 2.45) is 11.1 Å². The Bertz CT molecular complexity index is 604. The minimum atomic E-state index is 0.279. The molecule has 0 saturated carbocycles. The highest BCUT2D eigenvalue weighted by atomic mass is 14.6. The summed E-state index contributed by atoms with van der Waals surface area (Å²) in [4.78, 5) is 0. The predicted molar refractivity (Wildman–Crippen MR) is 104 cm³/mol. The summed E-state index contributed by atoms with van der Waals surface area (Å²) in [5.41, 5.74) is 13.5. The molecule has 1 aliphatic carbocycles. The lowest BCUT2D eigenvalue weighted by atomic mass is 9.72. The third kappa shape index (κ3) is 6.48. The molecule has 23 heavy (non-hydrogen) atoms. The summed E-state index contributed by atoms with van der Waals surface area (Å²) in [5, 5.41) is 0. The summed E-state index contributed by atoms with van der Waals surface area (Å²) >= 11 is 0. The molecule has 1 rings (SSSR count). The molecule has 0 aromatic carbocycles. The molecule has 0 unspecified atom stereocenters. The Hall–Kier alpha value is -1.76. The van der Waals surface area contributed by atoms with Gasteiger partial charge in [0.05, 0.1) is 0 Å². The second-order valence-electron chi connectivity index (χ2n) is 7.53. The van der Waals surface area contributed by atoms with E-state index in [1.165, 1.54) is 36.0 Å². The molecule has 1 heteroatoms. The van der Waals surface area contributed by atoms with Crippen LogP contribution in [-0.2, 0) is 0 Å². The topological polar surface area (TPSA) is 26.0 Å². The fourth-order valence-corrected chi connectivity index (χ4v) is 3.27. The molecule has 0 radical (unpaired) electrons. The molecular weight excluding hydrogens is 278 g/mol. The lowest BCUT2D eigenvalue weighted by Gasteiger charge is -2.32. The van der Waals surface area contributed by atoms with Gasteiger partial charge in [0.25, 0.3) is 0 Å². The van der Waals surface area contributed by atoms with Crippen LogP contribution in [0.2, 0.25) is 0 Å². The minimum absolute atomic E-state index is 0.279. The van der Waals surface area contributed by atoms with E-state index in [0.29, 0.717) is 0 Å². The first-order valence-electron chi connectivity index (χ1n) is 8.49. The van der Waals surface area contributed by atoms with Crippen molar-refractivity contribution >= 4 is 0 Å². The van der Waals surface area contributed by atoms with E-state index < -0.39 is 0 Å². The lowest BCUT2D eigenvalue weighted by molar-refractivity contribution is 0.377. The van der Waals surface area contributed by atoms with Gasteiger partial charge in [0.2, 0.25) is 0 Å². The Balaban J connectivity index is 2.92. The summed E-state index contributed by atoms with van der Waals surface area (Å²) in [6.45, 7) is 17.0. The van der Waals surface area contributed by atoms with Crippen LogP contribution in [0.15, 0.2) is 70.5 Å². The summed E-state index contributed by atoms with van der Waals surface area (Å²) in [5.74, 6) is 0. The molecule has 126 valence electrons. The van der Waals surface area contributed by atoms with E-state index in [1.807, 2.05) is 32.1 Å². The Labute approximate surface area is 143 Å². The SMILES string of the molecule is C=C(C)/C=C(C)/C=C(N)/C=C(C)/C=C/C1=C(C)CCCC1(C)C. The normalized spacial score (nSPS) is 20.3. The monoisotopic (exact) mass is 311 g/mol. The van der Waals surface area contributed by atoms with Crippen molar-refractivity contribution in [1.82, 2.24) is 0 Å². The fourth-order valence-electron chi connectivity index (χ4n) is 3.27. The van der Waals surface area contributed by atoms with E-state index in [-0.39, 0.29) is 5.41 Å². The van der Waals surface area contributed by atoms with E-state index in [2.05, 4.69) is 46.4 Å². The third-order valence-corrected chi connectivity index (χ3v) is 4.32. The van der Waals surface area contributed by atoms with E-state index in [0.717, 1.165) is 16.8 Å². The van der Waals surface area contributed by atoms with Crippen molar-refractivity contribution in [2.75, 3.05) is 0 Å². The van der Waals surface area contributed by atoms with Crippen LogP contribution >= 0.6 is 0 Å². The summed E-state index contributed by atoms with van der Waals surface area (Å²) in [6, 6.07) is 0. The van der Waals surface area contributed by atoms with Crippen LogP contribution in [0.5, 0.6) is 0 Å². The Morgan fingerprint density at radius 1 is 1.09 bits per heavy atom. The summed E-state index contributed by atoms with van der Waals surface area (Å²) in [6.07, 6.45) is 14.3. The first-order valence-corrected chi connectivity index (χ1v) is 8.49. The minimum Gasteiger partial charge on any atom is -0.399 e. The van der Waals surface area contributed by atoms with Gasteiger partial charge in [-0.15, -0.1) is 0 Å². The van der Waals surface area contributed by atoms with E-state index in [9.17, 15) is 0 Å². The molecule has 0 amide bonds. The van der Waals surface area contributed by atoms with Crippen molar-refractivity contribution in [3.05, 3.63) is 70.5 Å². The van der Waals surface area contributed by atoms with Gasteiger partial charge >= 0.3 is 0 Å². The van der Waals surface area contributed by atoms with Crippen LogP contribution in [0.25, 0.3) is 0 Å². The number of rotatable bonds is 5. The van der Waals surface area contributed by atoms with Gasteiger partial charge in [0.1, 0.15) is 0 Å². The molecular formula is C22H33N. The average molecular weight is 312 g/mol. The van der Waals surface area contributed by atoms with Crippen molar-refractivity contribution < 1.29 is 0 Å². The lowest BCUT2D eigenvalue weighted by Crippen LogP contribution is -2.19. The van der Waals surface area contributed by atoms with Crippen LogP contribution in [0, 0.1) is 5.41 Å². The number of nitrogens with two attached hydrogens (primary N) is 1. The Kier molecular flexibility index (Phi) is 6.87. The predicted octanol–water partition coefficient (Wildman–Crippen LogP) is 6.38. The fraction of sp³-hybridized carbons (Fsp3) is 0.455. The zero-order valence-corrected chi connectivity index (χ0v) is 15.8. The average Bonchev–Trinajstić information content (AvgIpc) is 2.35. The smallest absolute Gasteiger partial charge is 0.0319 e. The van der Waals surface area contributed by atoms with Gasteiger partial charge in [0.15, 0.2) is 0 Å². The molecule has 0 aromatic rings. The maximum atomic E-state index is 6.11. The van der Waals surface area contributed by atoms with Crippen LogP contribution in [0.4, 0.5) is 0 Å². The highest BCUT2D eigenvalue weighted by molar-refractivity contribution is 5.39. The van der Waals surface area contributed by atoms with Gasteiger partial charge in [0, 0.05) is 5.70 Å². The van der Waals surface area contributed by atoms with E-state index in [4.69, 9.17) is 5.73 Å². The number of allylic oxidation sites excluding steroid dienone is 10. The van der Waals surface area contributed by atoms with Gasteiger partial charge in [-0.2, -0.15) is 0 Å². The first-order chi connectivity index (χ1) is 10.6. The maximum absolute atomic E-state index is 6.11. The molecule has 0 aromatic heterocycles. The second-order valence-corrected chi connectivity index (χ2v) is 7.53. The molecule has 0 bridgehead atoms. The van der Waals surface area contributed by atoms with Crippen molar-refractivity contribution in [1.29, 1.82) is 0 Å². The van der Waals surface area contributed by atoms with Gasteiger partial charge < -0.3 is 5.73 Å². The highest BCUT2D eigenvalue weighted by Gasteiger charge is 2.26. The first kappa shape index (κ1) is 19.3. The van der Waals surface area contributed by atoms with Crippen LogP contribution < -0.4 is 5.73 Å². The molecule has 0 spiro atoms. The molecule has 0 atom stereocenters. The number of hydrogen-bond donors (Lipinski definition) is 1. The summed E-state index contributed by atoms with van der Waals surface area (Å²) in [7, 11) is 0. The largest absolute Gasteiger partial charge is 0.399 e. The van der Waals surface area contributed by atoms with Crippen LogP contribution in [0.3, 0.4) is 0 Å². The van der Waals surface area contributed by atoms with Crippen molar-refractivity contribution in [3.8, 4) is 0 Å². The standard InChI is InChI=1S/C22H33N/c1-16(2)13-18(4)15-20(23)14-17(3)10-11-21-19(5)9-8-12-22(21,6)7/h10-11,13-15H,1,8-9,12,23H2,2-7H3/b11-10+,17-14+,18-13+,20-15-. The zero-order chi connectivity index (χ0) is 17.6. The second kappa shape index (κ2) is 8.19. The maximum Gasteiger partial charge on any atom is 0.0319 e. The number of hydrogen-bond acceptors (Lipinski definition) is 1. The Morgan fingerprint density at radius 2 is 1.74 bits per heavy atom. The quantitative estimate of drug-likeness (QED) is 0.586. The van der Waals surface area contributed by atoms with Crippen molar-refractivity contribution in [3.63, 3.8) is 0 Å². The molecule has 0 saturated heterocycles. The van der Waals surface area contributed by atoms with Gasteiger partial charge in [-0.3, -0.25) is 0 Å². The highest BCUT2D eigenvalue weighted by Crippen LogP contribution is 2.40. The van der Waals surface area contributed by atoms with Gasteiger partial charge in [-0.05, 0) is 81.2 Å². The van der Waals surface area contributed by atoms with E-state index >= 15 is 0 Å². The molecule has 1 nitrogen and oxygen atoms in total. The Morgan fingerprint density at radius 3 is 2.30 bits per heavy atom. The molecule has 1 aliphatic rings. The third-order valence-electron chi connectivity index (χ3n) is 4.32. The molecule has 0 heterocycles.